The summed E-state index contributed by atoms with van der Waals surface area (Å²) in [6.07, 6.45) is -1.46. The van der Waals surface area contributed by atoms with Crippen LogP contribution in [0.3, 0.4) is 0 Å². The summed E-state index contributed by atoms with van der Waals surface area (Å²) in [6.45, 7) is 6.83. The molecule has 79 heavy (non-hydrogen) atoms. The number of primary amides is 1. The van der Waals surface area contributed by atoms with Gasteiger partial charge in [0.1, 0.15) is 48.3 Å². The molecule has 452 valence electrons. The number of amides is 9. The van der Waals surface area contributed by atoms with E-state index >= 15 is 0 Å². The van der Waals surface area contributed by atoms with Crippen molar-refractivity contribution < 1.29 is 88.8 Å². The van der Waals surface area contributed by atoms with E-state index in [0.717, 1.165) is 6.92 Å². The van der Waals surface area contributed by atoms with Gasteiger partial charge < -0.3 is 79.5 Å². The molecule has 0 aliphatic carbocycles. The molecule has 11 atom stereocenters. The number of nitrogens with zero attached hydrogens (tertiary/aromatic N) is 2. The Balaban J connectivity index is 6.69. The van der Waals surface area contributed by atoms with E-state index in [2.05, 4.69) is 64.3 Å². The van der Waals surface area contributed by atoms with Gasteiger partial charge in [-0.2, -0.15) is 0 Å². The molecule has 31 heteroatoms. The van der Waals surface area contributed by atoms with E-state index in [9.17, 15) is 63.3 Å². The van der Waals surface area contributed by atoms with E-state index in [4.69, 9.17) is 22.9 Å². The second-order valence-corrected chi connectivity index (χ2v) is 21.0. The molecule has 0 rings (SSSR count). The highest BCUT2D eigenvalue weighted by Crippen LogP contribution is 2.10. The molecule has 0 bridgehead atoms. The molecule has 0 fully saturated rings. The molecule has 0 radical (unpaired) electrons. The van der Waals surface area contributed by atoms with Crippen molar-refractivity contribution in [2.24, 2.45) is 22.9 Å². The summed E-state index contributed by atoms with van der Waals surface area (Å²) < 4.78 is 2.18. The Morgan fingerprint density at radius 3 is 1.42 bits per heavy atom. The second-order valence-electron chi connectivity index (χ2n) is 21.0. The van der Waals surface area contributed by atoms with Crippen LogP contribution in [-0.4, -0.2) is 223 Å². The van der Waals surface area contributed by atoms with E-state index in [-0.39, 0.29) is 57.6 Å². The summed E-state index contributed by atoms with van der Waals surface area (Å²) in [6, 6.07) is -12.5. The van der Waals surface area contributed by atoms with Crippen molar-refractivity contribution in [3.8, 4) is 0 Å². The third kappa shape index (κ3) is 30.7. The number of aliphatic hydroxyl groups excluding tert-OH is 2. The van der Waals surface area contributed by atoms with Crippen LogP contribution in [0, 0.1) is 0 Å². The summed E-state index contributed by atoms with van der Waals surface area (Å²) in [5, 5.41) is 54.1. The van der Waals surface area contributed by atoms with E-state index < -0.39 is 139 Å². The second kappa shape index (κ2) is 37.0. The number of aliphatic carboxylic acids is 1. The van der Waals surface area contributed by atoms with Gasteiger partial charge in [0, 0.05) is 6.42 Å². The molecule has 0 aliphatic heterocycles. The van der Waals surface area contributed by atoms with Gasteiger partial charge in [0.2, 0.25) is 47.3 Å². The van der Waals surface area contributed by atoms with Crippen molar-refractivity contribution in [1.82, 2.24) is 47.9 Å². The van der Waals surface area contributed by atoms with Crippen LogP contribution < -0.4 is 87.2 Å². The van der Waals surface area contributed by atoms with Crippen molar-refractivity contribution in [1.29, 1.82) is 0 Å². The normalized spacial score (nSPS) is 15.4. The average Bonchev–Trinajstić information content (AvgIpc) is 3.34. The lowest BCUT2D eigenvalue weighted by molar-refractivity contribution is -0.870. The first kappa shape index (κ1) is 72.0. The maximum absolute atomic E-state index is 14.2. The highest BCUT2D eigenvalue weighted by Gasteiger charge is 2.36. The summed E-state index contributed by atoms with van der Waals surface area (Å²) in [5.74, 6) is -9.17. The molecule has 0 spiro atoms. The van der Waals surface area contributed by atoms with Crippen LogP contribution in [0.1, 0.15) is 105 Å². The predicted octanol–water partition coefficient (Wildman–Crippen LogP) is -11.0. The van der Waals surface area contributed by atoms with Crippen LogP contribution in [0.25, 0.3) is 0 Å². The fourth-order valence-electron chi connectivity index (χ4n) is 7.40. The van der Waals surface area contributed by atoms with Gasteiger partial charge >= 0.3 is 17.9 Å². The number of hydrogen-bond acceptors (Lipinski definition) is 12. The van der Waals surface area contributed by atoms with E-state index in [1.54, 1.807) is 18.7 Å². The quantitative estimate of drug-likeness (QED) is 0.00893. The first-order valence-electron chi connectivity index (χ1n) is 26.6. The lowest BCUT2D eigenvalue weighted by atomic mass is 10.0. The molecule has 0 saturated carbocycles. The minimum atomic E-state index is -1.80. The molecule has 0 aromatic rings. The maximum Gasteiger partial charge on any atom is 0.342 e. The minimum absolute atomic E-state index is 0.00302. The van der Waals surface area contributed by atoms with Crippen LogP contribution in [0.4, 0.5) is 0 Å². The molecular formula is C48H97N18O13+5. The SMILES string of the molecule is C[C@H]([NH3+])C(=O)N[C@@H](CCC[NH+]=C(N)N)C(=O)N[C@H](C(=O)N[C@@H](CCCC[N+](C)(C)C)C(=O)N[C@@H](CCC(N)=O)C(=O)N[C@H](C(=O)N[C@@H](C)C(=O)N[C@@H](CCCNC(N)=[N+](C)C)C(=O)N[C@@H](CCCC[NH3+])C(=O)O)[C@@H](C)O)[C@@H](C)O. The van der Waals surface area contributed by atoms with Gasteiger partial charge in [-0.05, 0) is 98.3 Å². The summed E-state index contributed by atoms with van der Waals surface area (Å²) in [4.78, 5) is 136. The first-order chi connectivity index (χ1) is 36.7. The standard InChI is InChI=1S/C48H92N18O13/c1-26(50)38(70)58-32(18-14-23-55-47(52)53)42(74)64-37(29(4)68)45(77)61-30(16-11-13-25-66(7,8)9)40(72)60-33(20-21-35(51)69)43(75)63-36(28(3)67)44(76)57-27(2)39(71)59-31(19-15-24-56-48(54)65(5)6)41(73)62-34(46(78)79)17-10-12-22-49/h26-34,36-37,67-68H,10-25,49-50H2,1-9H3,(H16-,51,52,53,54,55,56,57,58,59,60,61,62,63,64,69,70,71,72,73,74,75,76,77,78,79)/p+5/t26-,27-,28+,29+,30-,31-,32-,33-,34-,36-,37-/m0/s1. The van der Waals surface area contributed by atoms with Crippen molar-refractivity contribution >= 4 is 71.1 Å². The van der Waals surface area contributed by atoms with Crippen molar-refractivity contribution in [2.45, 2.75) is 171 Å². The van der Waals surface area contributed by atoms with Gasteiger partial charge in [-0.15, -0.1) is 0 Å². The number of carbonyl (C=O) groups excluding carboxylic acids is 9. The maximum atomic E-state index is 14.2. The number of quaternary nitrogens is 3. The Bertz CT molecular complexity index is 2080. The van der Waals surface area contributed by atoms with Crippen LogP contribution in [0.5, 0.6) is 0 Å². The van der Waals surface area contributed by atoms with Crippen molar-refractivity contribution in [3.63, 3.8) is 0 Å². The fraction of sp³-hybridized carbons (Fsp3) is 0.750. The topological polar surface area (TPSA) is 516 Å². The molecule has 9 amide bonds. The molecule has 0 aromatic heterocycles. The van der Waals surface area contributed by atoms with Gasteiger partial charge in [0.25, 0.3) is 5.91 Å². The van der Waals surface area contributed by atoms with Gasteiger partial charge in [-0.3, -0.25) is 75.2 Å². The smallest absolute Gasteiger partial charge is 0.342 e. The molecule has 0 heterocycles. The number of guanidine groups is 2. The van der Waals surface area contributed by atoms with Gasteiger partial charge in [-0.25, -0.2) is 4.79 Å². The Hall–Kier alpha value is -6.96. The van der Waals surface area contributed by atoms with Crippen LogP contribution in [0.15, 0.2) is 0 Å². The lowest BCUT2D eigenvalue weighted by Gasteiger charge is -2.29. The predicted molar refractivity (Wildman–Crippen MR) is 288 cm³/mol. The van der Waals surface area contributed by atoms with Crippen molar-refractivity contribution in [2.75, 3.05) is 61.4 Å². The monoisotopic (exact) mass is 1130 g/mol. The van der Waals surface area contributed by atoms with Crippen LogP contribution >= 0.6 is 0 Å². The number of nitrogens with two attached hydrogens (primary N) is 4. The van der Waals surface area contributed by atoms with E-state index in [0.29, 0.717) is 49.2 Å². The zero-order valence-electron chi connectivity index (χ0n) is 47.7. The Labute approximate surface area is 462 Å². The third-order valence-corrected chi connectivity index (χ3v) is 12.2. The van der Waals surface area contributed by atoms with E-state index in [1.165, 1.54) is 20.8 Å². The zero-order chi connectivity index (χ0) is 60.7. The fourth-order valence-corrected chi connectivity index (χ4v) is 7.40. The summed E-state index contributed by atoms with van der Waals surface area (Å²) >= 11 is 0. The molecule has 27 N–H and O–H groups in total. The largest absolute Gasteiger partial charge is 0.480 e. The number of carbonyl (C=O) groups is 10. The summed E-state index contributed by atoms with van der Waals surface area (Å²) in [7, 11) is 9.27. The molecule has 0 aromatic carbocycles. The van der Waals surface area contributed by atoms with Gasteiger partial charge in [0.05, 0.1) is 73.6 Å². The molecule has 0 unspecified atom stereocenters. The highest BCUT2D eigenvalue weighted by atomic mass is 16.4. The Morgan fingerprint density at radius 2 is 0.962 bits per heavy atom. The van der Waals surface area contributed by atoms with E-state index in [1.807, 2.05) is 21.1 Å². The zero-order valence-corrected chi connectivity index (χ0v) is 47.7. The van der Waals surface area contributed by atoms with Gasteiger partial charge in [0.15, 0.2) is 6.04 Å². The number of aliphatic hydroxyl groups is 2. The number of unbranched alkanes of at least 4 members (excludes halogenated alkanes) is 2. The number of carboxylic acids is 1. The Morgan fingerprint density at radius 1 is 0.544 bits per heavy atom. The number of nitrogens with one attached hydrogen (secondary N) is 10. The average molecular weight is 1130 g/mol. The first-order valence-corrected chi connectivity index (χ1v) is 26.6. The third-order valence-electron chi connectivity index (χ3n) is 12.2. The molecule has 0 aliphatic rings. The minimum Gasteiger partial charge on any atom is -0.480 e. The van der Waals surface area contributed by atoms with Crippen molar-refractivity contribution in [3.05, 3.63) is 0 Å². The number of carboxylic acid groups (broad SMARTS) is 1. The van der Waals surface area contributed by atoms with Crippen LogP contribution in [0.2, 0.25) is 0 Å². The summed E-state index contributed by atoms with van der Waals surface area (Å²) in [5.41, 5.74) is 29.7. The molecule has 0 saturated heterocycles. The molecule has 31 nitrogen and oxygen atoms in total. The number of rotatable bonds is 39. The van der Waals surface area contributed by atoms with Gasteiger partial charge in [-0.1, -0.05) is 0 Å². The van der Waals surface area contributed by atoms with Crippen LogP contribution in [-0.2, 0) is 47.9 Å². The Kier molecular flexibility index (Phi) is 33.7. The highest BCUT2D eigenvalue weighted by molar-refractivity contribution is 5.98. The lowest BCUT2D eigenvalue weighted by Crippen LogP contribution is -2.78. The molecular weight excluding hydrogens is 1040 g/mol. The number of hydrogen-bond donors (Lipinski definition) is 19.